The third kappa shape index (κ3) is 32.8. The molecular formula is C24H27CrN6O12. The van der Waals surface area contributed by atoms with Crippen LogP contribution in [0.4, 0.5) is 0 Å². The molecule has 3 rings (SSSR count). The van der Waals surface area contributed by atoms with Gasteiger partial charge in [-0.1, -0.05) is 18.2 Å². The number of hydrogen-bond donors (Lipinski definition) is 6. The van der Waals surface area contributed by atoms with Gasteiger partial charge in [0.1, 0.15) is 0 Å². The Balaban J connectivity index is -0.000000216. The van der Waals surface area contributed by atoms with Gasteiger partial charge >= 0.3 is 35.3 Å². The second kappa shape index (κ2) is 29.7. The molecule has 1 radical (unpaired) electrons. The first-order chi connectivity index (χ1) is 19.7. The van der Waals surface area contributed by atoms with Crippen LogP contribution in [0.2, 0.25) is 0 Å². The standard InChI is InChI=1S/3C6H5NO2.3C2H5NO2.Cr/c3*8-6(9)5-2-1-3-7-4-5;3*3-1-2(4)5;/h3*1-4H,(H,8,9);3*1,3H2,(H,4,5);/q;;;;;;+3/p-3. The minimum Gasteiger partial charge on any atom is -0.545 e. The SMILES string of the molecule is NCC(=O)O.NCC(=O)O.NCC(=O)O.O=C([O-])c1cccnc1.O=C([O-])c1cccnc1.O=C([O-])c1cccnc1.[Cr+3]. The average Bonchev–Trinajstić information content (AvgIpc) is 3.00. The minimum absolute atomic E-state index is 0. The van der Waals surface area contributed by atoms with Crippen LogP contribution in [0.15, 0.2) is 73.6 Å². The summed E-state index contributed by atoms with van der Waals surface area (Å²) in [6, 6.07) is 8.94. The Morgan fingerprint density at radius 1 is 0.535 bits per heavy atom. The second-order valence-corrected chi connectivity index (χ2v) is 6.38. The molecule has 0 aliphatic carbocycles. The van der Waals surface area contributed by atoms with Crippen LogP contribution in [0.1, 0.15) is 31.1 Å². The van der Waals surface area contributed by atoms with E-state index in [1.165, 1.54) is 55.4 Å². The van der Waals surface area contributed by atoms with Gasteiger partial charge < -0.3 is 62.2 Å². The van der Waals surface area contributed by atoms with Gasteiger partial charge in [-0.3, -0.25) is 29.3 Å². The largest absolute Gasteiger partial charge is 3.00 e. The van der Waals surface area contributed by atoms with Crippen LogP contribution in [-0.4, -0.2) is 85.7 Å². The molecule has 0 aliphatic rings. The quantitative estimate of drug-likeness (QED) is 0.147. The predicted molar refractivity (Wildman–Crippen MR) is 136 cm³/mol. The zero-order valence-corrected chi connectivity index (χ0v) is 23.3. The molecule has 0 bridgehead atoms. The van der Waals surface area contributed by atoms with Gasteiger partial charge in [-0.25, -0.2) is 0 Å². The molecule has 19 heteroatoms. The summed E-state index contributed by atoms with van der Waals surface area (Å²) >= 11 is 0. The molecule has 3 aromatic heterocycles. The van der Waals surface area contributed by atoms with E-state index in [0.29, 0.717) is 0 Å². The summed E-state index contributed by atoms with van der Waals surface area (Å²) in [4.78, 5) is 68.6. The van der Waals surface area contributed by atoms with E-state index >= 15 is 0 Å². The number of aromatic carboxylic acids is 3. The van der Waals surface area contributed by atoms with E-state index in [9.17, 15) is 44.1 Å². The number of carbonyl (C=O) groups excluding carboxylic acids is 3. The summed E-state index contributed by atoms with van der Waals surface area (Å²) in [5, 5.41) is 52.9. The van der Waals surface area contributed by atoms with Gasteiger partial charge in [0.2, 0.25) is 0 Å². The van der Waals surface area contributed by atoms with Crippen molar-refractivity contribution in [3.8, 4) is 0 Å². The summed E-state index contributed by atoms with van der Waals surface area (Å²) in [6.45, 7) is -0.833. The molecule has 0 amide bonds. The first-order valence-electron chi connectivity index (χ1n) is 10.8. The Morgan fingerprint density at radius 3 is 0.791 bits per heavy atom. The number of carbonyl (C=O) groups is 6. The molecule has 3 aromatic rings. The molecule has 0 aromatic carbocycles. The summed E-state index contributed by atoms with van der Waals surface area (Å²) in [5.74, 6) is -6.48. The number of nitrogens with two attached hydrogens (primary N) is 3. The van der Waals surface area contributed by atoms with Crippen LogP contribution in [0.3, 0.4) is 0 Å². The van der Waals surface area contributed by atoms with Gasteiger partial charge in [0.05, 0.1) is 37.5 Å². The topological polar surface area (TPSA) is 349 Å². The summed E-state index contributed by atoms with van der Waals surface area (Å²) in [7, 11) is 0. The fourth-order valence-electron chi connectivity index (χ4n) is 1.45. The number of carboxylic acid groups (broad SMARTS) is 6. The Morgan fingerprint density at radius 2 is 0.721 bits per heavy atom. The molecule has 18 nitrogen and oxygen atoms in total. The van der Waals surface area contributed by atoms with E-state index in [-0.39, 0.29) is 53.7 Å². The number of hydrogen-bond acceptors (Lipinski definition) is 15. The third-order valence-corrected chi connectivity index (χ3v) is 3.22. The average molecular weight is 644 g/mol. The van der Waals surface area contributed by atoms with E-state index in [1.54, 1.807) is 18.2 Å². The van der Waals surface area contributed by atoms with Crippen LogP contribution in [-0.2, 0) is 31.7 Å². The summed E-state index contributed by atoms with van der Waals surface area (Å²) in [5.41, 5.74) is 14.0. The van der Waals surface area contributed by atoms with Crippen molar-refractivity contribution in [3.05, 3.63) is 90.3 Å². The molecule has 9 N–H and O–H groups in total. The van der Waals surface area contributed by atoms with Crippen molar-refractivity contribution in [2.24, 2.45) is 17.2 Å². The molecule has 0 saturated heterocycles. The normalized spacial score (nSPS) is 8.16. The molecule has 0 atom stereocenters. The minimum atomic E-state index is -1.19. The Labute approximate surface area is 254 Å². The number of carboxylic acids is 6. The summed E-state index contributed by atoms with van der Waals surface area (Å²) in [6.07, 6.45) is 8.26. The molecule has 231 valence electrons. The second-order valence-electron chi connectivity index (χ2n) is 6.38. The van der Waals surface area contributed by atoms with Gasteiger partial charge in [0.15, 0.2) is 0 Å². The molecule has 43 heavy (non-hydrogen) atoms. The van der Waals surface area contributed by atoms with Crippen LogP contribution < -0.4 is 32.5 Å². The van der Waals surface area contributed by atoms with Crippen LogP contribution in [0.25, 0.3) is 0 Å². The van der Waals surface area contributed by atoms with Crippen LogP contribution in [0.5, 0.6) is 0 Å². The first kappa shape index (κ1) is 44.7. The van der Waals surface area contributed by atoms with Gasteiger partial charge in [0.25, 0.3) is 0 Å². The fraction of sp³-hybridized carbons (Fsp3) is 0.125. The van der Waals surface area contributed by atoms with E-state index in [2.05, 4.69) is 32.2 Å². The van der Waals surface area contributed by atoms with Gasteiger partial charge in [0, 0.05) is 53.9 Å². The number of rotatable bonds is 6. The molecular weight excluding hydrogens is 616 g/mol. The first-order valence-corrected chi connectivity index (χ1v) is 10.8. The molecule has 0 spiro atoms. The smallest absolute Gasteiger partial charge is 0.545 e. The maximum Gasteiger partial charge on any atom is 3.00 e. The van der Waals surface area contributed by atoms with E-state index < -0.39 is 35.8 Å². The maximum absolute atomic E-state index is 10.0. The number of aromatic nitrogens is 3. The number of aliphatic carboxylic acids is 3. The van der Waals surface area contributed by atoms with Crippen molar-refractivity contribution in [1.29, 1.82) is 0 Å². The number of pyridine rings is 3. The van der Waals surface area contributed by atoms with Crippen LogP contribution in [0, 0.1) is 0 Å². The monoisotopic (exact) mass is 643 g/mol. The Hall–Kier alpha value is -5.32. The maximum atomic E-state index is 10.0. The van der Waals surface area contributed by atoms with Gasteiger partial charge in [-0.15, -0.1) is 0 Å². The van der Waals surface area contributed by atoms with Crippen molar-refractivity contribution in [1.82, 2.24) is 15.0 Å². The van der Waals surface area contributed by atoms with Crippen molar-refractivity contribution in [2.45, 2.75) is 0 Å². The van der Waals surface area contributed by atoms with E-state index in [4.69, 9.17) is 15.3 Å². The molecule has 3 heterocycles. The molecule has 0 fully saturated rings. The van der Waals surface area contributed by atoms with Gasteiger partial charge in [-0.05, 0) is 18.2 Å². The van der Waals surface area contributed by atoms with E-state index in [1.807, 2.05) is 0 Å². The Kier molecular flexibility index (Phi) is 30.8. The third-order valence-electron chi connectivity index (χ3n) is 3.22. The van der Waals surface area contributed by atoms with Crippen molar-refractivity contribution in [3.63, 3.8) is 0 Å². The molecule has 0 saturated carbocycles. The number of nitrogens with zero attached hydrogens (tertiary/aromatic N) is 3. The molecule has 0 aliphatic heterocycles. The zero-order valence-electron chi connectivity index (χ0n) is 22.0. The van der Waals surface area contributed by atoms with E-state index in [0.717, 1.165) is 0 Å². The molecule has 0 unspecified atom stereocenters. The fourth-order valence-corrected chi connectivity index (χ4v) is 1.45. The Bertz CT molecular complexity index is 1060. The van der Waals surface area contributed by atoms with Crippen molar-refractivity contribution < 1.29 is 76.8 Å². The van der Waals surface area contributed by atoms with Crippen LogP contribution >= 0.6 is 0 Å². The zero-order chi connectivity index (χ0) is 32.9. The van der Waals surface area contributed by atoms with Crippen molar-refractivity contribution >= 4 is 35.8 Å². The van der Waals surface area contributed by atoms with Gasteiger partial charge in [-0.2, -0.15) is 0 Å². The van der Waals surface area contributed by atoms with Crippen molar-refractivity contribution in [2.75, 3.05) is 19.6 Å². The summed E-state index contributed by atoms with van der Waals surface area (Å²) < 4.78 is 0. The predicted octanol–water partition coefficient (Wildman–Crippen LogP) is -4.58.